The van der Waals surface area contributed by atoms with Crippen LogP contribution in [0.3, 0.4) is 0 Å². The van der Waals surface area contributed by atoms with E-state index in [0.717, 1.165) is 19.3 Å². The van der Waals surface area contributed by atoms with Gasteiger partial charge >= 0.3 is 0 Å². The molecule has 0 spiro atoms. The minimum atomic E-state index is -1.29. The van der Waals surface area contributed by atoms with Gasteiger partial charge in [0.2, 0.25) is 0 Å². The number of rotatable bonds is 4. The third kappa shape index (κ3) is 4.70. The Labute approximate surface area is 237 Å². The number of carbonyl (C=O) groups excluding carboxylic acids is 1. The first-order valence-electron chi connectivity index (χ1n) is 14.1. The van der Waals surface area contributed by atoms with Crippen LogP contribution in [0.2, 0.25) is 0 Å². The van der Waals surface area contributed by atoms with Crippen LogP contribution in [-0.2, 0) is 4.79 Å². The second kappa shape index (κ2) is 10.6. The van der Waals surface area contributed by atoms with Gasteiger partial charge in [-0.15, -0.1) is 0 Å². The summed E-state index contributed by atoms with van der Waals surface area (Å²) in [6, 6.07) is 11.7. The van der Waals surface area contributed by atoms with E-state index in [-0.39, 0.29) is 23.8 Å². The van der Waals surface area contributed by atoms with Crippen LogP contribution >= 0.6 is 0 Å². The van der Waals surface area contributed by atoms with Crippen LogP contribution in [-0.4, -0.2) is 66.2 Å². The summed E-state index contributed by atoms with van der Waals surface area (Å²) < 4.78 is 17.0. The molecule has 1 saturated carbocycles. The van der Waals surface area contributed by atoms with Gasteiger partial charge in [0.25, 0.3) is 5.91 Å². The van der Waals surface area contributed by atoms with Gasteiger partial charge in [0, 0.05) is 48.7 Å². The van der Waals surface area contributed by atoms with Crippen molar-refractivity contribution in [1.29, 1.82) is 5.26 Å². The summed E-state index contributed by atoms with van der Waals surface area (Å²) in [5.41, 5.74) is 0.689. The SMILES string of the molecule is C[C@@H]1CN(c2ncnc3c2c(-c2ccccc2F)cn3-c2cc(C#N)ccn2)[C@@H](C)CN1C(=O)C1(O)CCCCC1. The standard InChI is InChI=1S/C31H32FN7O2/c1-20-17-38(30(40)31(41)11-6-3-7-12-31)21(2)16-37(20)28-27-24(23-8-4-5-9-25(23)32)18-39(29(27)36-19-35-28)26-14-22(15-33)10-13-34-26/h4-5,8-10,13-14,18-21,41H,3,6-7,11-12,16-17H2,1-2H3/t20-,21+/m0/s1. The van der Waals surface area contributed by atoms with Crippen LogP contribution in [0, 0.1) is 17.1 Å². The van der Waals surface area contributed by atoms with Gasteiger partial charge in [0.05, 0.1) is 17.0 Å². The summed E-state index contributed by atoms with van der Waals surface area (Å²) in [6.07, 6.45) is 8.58. The average molecular weight is 554 g/mol. The number of halogens is 1. The Morgan fingerprint density at radius 2 is 1.83 bits per heavy atom. The van der Waals surface area contributed by atoms with Crippen LogP contribution in [0.4, 0.5) is 10.2 Å². The molecule has 0 unspecified atom stereocenters. The Bertz CT molecular complexity index is 1660. The lowest BCUT2D eigenvalue weighted by molar-refractivity contribution is -0.157. The fraction of sp³-hybridized carbons (Fsp3) is 0.387. The van der Waals surface area contributed by atoms with E-state index < -0.39 is 5.60 Å². The number of amides is 1. The second-order valence-electron chi connectivity index (χ2n) is 11.2. The van der Waals surface area contributed by atoms with Crippen molar-refractivity contribution in [1.82, 2.24) is 24.4 Å². The van der Waals surface area contributed by atoms with E-state index in [1.807, 2.05) is 18.7 Å². The molecule has 41 heavy (non-hydrogen) atoms. The minimum Gasteiger partial charge on any atom is -0.380 e. The highest BCUT2D eigenvalue weighted by Gasteiger charge is 2.44. The predicted molar refractivity (Wildman–Crippen MR) is 153 cm³/mol. The number of aromatic nitrogens is 4. The van der Waals surface area contributed by atoms with Crippen LogP contribution in [0.1, 0.15) is 51.5 Å². The fourth-order valence-electron chi connectivity index (χ4n) is 6.26. The molecule has 9 nitrogen and oxygen atoms in total. The average Bonchev–Trinajstić information content (AvgIpc) is 3.38. The van der Waals surface area contributed by atoms with Crippen LogP contribution in [0.15, 0.2) is 55.1 Å². The normalized spacial score (nSPS) is 20.7. The van der Waals surface area contributed by atoms with Gasteiger partial charge in [-0.3, -0.25) is 9.36 Å². The Kier molecular flexibility index (Phi) is 6.91. The molecular formula is C31H32FN7O2. The molecule has 2 fully saturated rings. The van der Waals surface area contributed by atoms with E-state index in [9.17, 15) is 15.2 Å². The summed E-state index contributed by atoms with van der Waals surface area (Å²) in [6.45, 7) is 4.93. The molecule has 0 bridgehead atoms. The van der Waals surface area contributed by atoms with Gasteiger partial charge in [0.1, 0.15) is 29.4 Å². The molecule has 4 aromatic rings. The maximum atomic E-state index is 15.2. The zero-order valence-corrected chi connectivity index (χ0v) is 23.2. The van der Waals surface area contributed by atoms with Crippen LogP contribution < -0.4 is 4.90 Å². The summed E-state index contributed by atoms with van der Waals surface area (Å²) in [5, 5.41) is 21.3. The van der Waals surface area contributed by atoms with Gasteiger partial charge < -0.3 is 14.9 Å². The highest BCUT2D eigenvalue weighted by atomic mass is 19.1. The monoisotopic (exact) mass is 553 g/mol. The van der Waals surface area contributed by atoms with Crippen molar-refractivity contribution in [2.45, 2.75) is 63.6 Å². The molecule has 6 rings (SSSR count). The van der Waals surface area contributed by atoms with Crippen molar-refractivity contribution in [3.8, 4) is 23.0 Å². The summed E-state index contributed by atoms with van der Waals surface area (Å²) in [7, 11) is 0. The Hall–Kier alpha value is -4.36. The van der Waals surface area contributed by atoms with Gasteiger partial charge in [-0.2, -0.15) is 5.26 Å². The van der Waals surface area contributed by atoms with Gasteiger partial charge in [-0.25, -0.2) is 19.3 Å². The van der Waals surface area contributed by atoms with Crippen LogP contribution in [0.5, 0.6) is 0 Å². The van der Waals surface area contributed by atoms with Gasteiger partial charge in [-0.1, -0.05) is 37.5 Å². The highest BCUT2D eigenvalue weighted by Crippen LogP contribution is 2.39. The molecule has 3 aromatic heterocycles. The van der Waals surface area contributed by atoms with Gasteiger partial charge in [0.15, 0.2) is 5.65 Å². The molecular weight excluding hydrogens is 521 g/mol. The first kappa shape index (κ1) is 26.8. The fourth-order valence-corrected chi connectivity index (χ4v) is 6.26. The van der Waals surface area contributed by atoms with E-state index in [1.165, 1.54) is 12.4 Å². The quantitative estimate of drug-likeness (QED) is 0.393. The molecule has 1 aliphatic carbocycles. The number of anilines is 1. The Balaban J connectivity index is 1.45. The lowest BCUT2D eigenvalue weighted by Crippen LogP contribution is -2.62. The molecule has 1 aromatic carbocycles. The van der Waals surface area contributed by atoms with Gasteiger partial charge in [-0.05, 0) is 44.9 Å². The van der Waals surface area contributed by atoms with Crippen molar-refractivity contribution < 1.29 is 14.3 Å². The van der Waals surface area contributed by atoms with E-state index in [0.29, 0.717) is 65.3 Å². The Morgan fingerprint density at radius 1 is 1.05 bits per heavy atom. The minimum absolute atomic E-state index is 0.127. The molecule has 4 heterocycles. The lowest BCUT2D eigenvalue weighted by Gasteiger charge is -2.47. The summed E-state index contributed by atoms with van der Waals surface area (Å²) in [4.78, 5) is 31.2. The molecule has 210 valence electrons. The highest BCUT2D eigenvalue weighted by molar-refractivity contribution is 6.02. The zero-order chi connectivity index (χ0) is 28.7. The summed E-state index contributed by atoms with van der Waals surface area (Å²) in [5.74, 6) is 0.549. The number of nitrogens with zero attached hydrogens (tertiary/aromatic N) is 7. The number of piperazine rings is 1. The molecule has 1 aliphatic heterocycles. The lowest BCUT2D eigenvalue weighted by atomic mass is 9.83. The van der Waals surface area contributed by atoms with Crippen molar-refractivity contribution in [3.05, 3.63) is 66.5 Å². The topological polar surface area (TPSA) is 111 Å². The van der Waals surface area contributed by atoms with E-state index in [4.69, 9.17) is 4.98 Å². The predicted octanol–water partition coefficient (Wildman–Crippen LogP) is 4.61. The summed E-state index contributed by atoms with van der Waals surface area (Å²) >= 11 is 0. The molecule has 2 atom stereocenters. The smallest absolute Gasteiger partial charge is 0.254 e. The van der Waals surface area contributed by atoms with E-state index >= 15 is 4.39 Å². The zero-order valence-electron chi connectivity index (χ0n) is 23.2. The number of pyridine rings is 1. The van der Waals surface area contributed by atoms with Crippen molar-refractivity contribution in [2.75, 3.05) is 18.0 Å². The maximum Gasteiger partial charge on any atom is 0.254 e. The first-order valence-corrected chi connectivity index (χ1v) is 14.1. The van der Waals surface area contributed by atoms with Crippen molar-refractivity contribution in [2.24, 2.45) is 0 Å². The maximum absolute atomic E-state index is 15.2. The largest absolute Gasteiger partial charge is 0.380 e. The Morgan fingerprint density at radius 3 is 2.59 bits per heavy atom. The molecule has 1 amide bonds. The van der Waals surface area contributed by atoms with E-state index in [2.05, 4.69) is 20.9 Å². The van der Waals surface area contributed by atoms with Crippen LogP contribution in [0.25, 0.3) is 28.0 Å². The van der Waals surface area contributed by atoms with E-state index in [1.54, 1.807) is 47.3 Å². The third-order valence-electron chi connectivity index (χ3n) is 8.45. The number of aliphatic hydroxyl groups is 1. The van der Waals surface area contributed by atoms with Crippen molar-refractivity contribution >= 4 is 22.8 Å². The third-order valence-corrected chi connectivity index (χ3v) is 8.45. The molecule has 1 saturated heterocycles. The molecule has 1 N–H and O–H groups in total. The number of carbonyl (C=O) groups is 1. The number of nitriles is 1. The number of hydrogen-bond acceptors (Lipinski definition) is 7. The molecule has 10 heteroatoms. The molecule has 2 aliphatic rings. The number of benzene rings is 1. The molecule has 0 radical (unpaired) electrons. The van der Waals surface area contributed by atoms with Crippen molar-refractivity contribution in [3.63, 3.8) is 0 Å². The number of hydrogen-bond donors (Lipinski definition) is 1. The second-order valence-corrected chi connectivity index (χ2v) is 11.2. The first-order chi connectivity index (χ1) is 19.8. The number of fused-ring (bicyclic) bond motifs is 1.